The maximum atomic E-state index is 3.71. The molecule has 116 valence electrons. The van der Waals surface area contributed by atoms with Crippen LogP contribution in [-0.4, -0.2) is 12.1 Å². The van der Waals surface area contributed by atoms with Crippen LogP contribution in [0.2, 0.25) is 0 Å². The minimum Gasteiger partial charge on any atom is -0.312 e. The van der Waals surface area contributed by atoms with Crippen molar-refractivity contribution in [1.82, 2.24) is 5.32 Å². The fourth-order valence-corrected chi connectivity index (χ4v) is 3.91. The van der Waals surface area contributed by atoms with E-state index in [2.05, 4.69) is 69.6 Å². The summed E-state index contributed by atoms with van der Waals surface area (Å²) in [6.07, 6.45) is 3.67. The second kappa shape index (κ2) is 6.50. The predicted molar refractivity (Wildman–Crippen MR) is 96.3 cm³/mol. The van der Waals surface area contributed by atoms with Crippen LogP contribution in [0, 0.1) is 5.41 Å². The molecule has 1 aromatic heterocycles. The van der Waals surface area contributed by atoms with E-state index < -0.39 is 0 Å². The molecule has 0 fully saturated rings. The maximum Gasteiger partial charge on any atom is 0.0345 e. The first kappa shape index (κ1) is 16.5. The number of benzene rings is 1. The molecule has 1 nitrogen and oxygen atoms in total. The average molecular weight is 304 g/mol. The van der Waals surface area contributed by atoms with E-state index in [9.17, 15) is 0 Å². The van der Waals surface area contributed by atoms with E-state index in [0.29, 0.717) is 5.41 Å². The molecule has 21 heavy (non-hydrogen) atoms. The molecule has 0 spiro atoms. The SMILES string of the molecule is CCCC(C)(CNC(C)(C)C)Cc1csc2ccccc12. The van der Waals surface area contributed by atoms with Crippen molar-refractivity contribution in [2.45, 2.75) is 59.4 Å². The number of thiophene rings is 1. The smallest absolute Gasteiger partial charge is 0.0345 e. The second-order valence-corrected chi connectivity index (χ2v) is 8.51. The number of rotatable bonds is 6. The Morgan fingerprint density at radius 3 is 2.48 bits per heavy atom. The summed E-state index contributed by atoms with van der Waals surface area (Å²) in [5.41, 5.74) is 2.03. The van der Waals surface area contributed by atoms with Gasteiger partial charge in [-0.2, -0.15) is 0 Å². The van der Waals surface area contributed by atoms with Gasteiger partial charge in [-0.05, 0) is 61.4 Å². The van der Waals surface area contributed by atoms with Gasteiger partial charge in [0.05, 0.1) is 0 Å². The van der Waals surface area contributed by atoms with Gasteiger partial charge in [0.15, 0.2) is 0 Å². The predicted octanol–water partition coefficient (Wildman–Crippen LogP) is 5.64. The van der Waals surface area contributed by atoms with Gasteiger partial charge in [-0.25, -0.2) is 0 Å². The van der Waals surface area contributed by atoms with Gasteiger partial charge in [0.2, 0.25) is 0 Å². The van der Waals surface area contributed by atoms with Crippen LogP contribution >= 0.6 is 11.3 Å². The lowest BCUT2D eigenvalue weighted by Crippen LogP contribution is -2.43. The first-order valence-corrected chi connectivity index (χ1v) is 8.91. The first-order valence-electron chi connectivity index (χ1n) is 8.03. The lowest BCUT2D eigenvalue weighted by atomic mass is 9.79. The molecule has 0 aliphatic carbocycles. The van der Waals surface area contributed by atoms with Gasteiger partial charge in [0.1, 0.15) is 0 Å². The van der Waals surface area contributed by atoms with Crippen molar-refractivity contribution in [3.63, 3.8) is 0 Å². The van der Waals surface area contributed by atoms with E-state index in [-0.39, 0.29) is 5.54 Å². The largest absolute Gasteiger partial charge is 0.312 e. The monoisotopic (exact) mass is 303 g/mol. The Labute approximate surface area is 133 Å². The molecule has 0 aliphatic heterocycles. The summed E-state index contributed by atoms with van der Waals surface area (Å²) >= 11 is 1.88. The second-order valence-electron chi connectivity index (χ2n) is 7.60. The van der Waals surface area contributed by atoms with Crippen LogP contribution in [0.15, 0.2) is 29.6 Å². The molecular formula is C19H29NS. The summed E-state index contributed by atoms with van der Waals surface area (Å²) in [6, 6.07) is 8.79. The zero-order valence-electron chi connectivity index (χ0n) is 14.1. The van der Waals surface area contributed by atoms with Gasteiger partial charge in [-0.1, -0.05) is 38.5 Å². The molecule has 2 rings (SSSR count). The van der Waals surface area contributed by atoms with Crippen LogP contribution < -0.4 is 5.32 Å². The highest BCUT2D eigenvalue weighted by atomic mass is 32.1. The van der Waals surface area contributed by atoms with Crippen molar-refractivity contribution in [1.29, 1.82) is 0 Å². The van der Waals surface area contributed by atoms with Gasteiger partial charge in [-0.15, -0.1) is 11.3 Å². The number of fused-ring (bicyclic) bond motifs is 1. The Bertz CT molecular complexity index is 579. The Balaban J connectivity index is 2.18. The molecule has 0 radical (unpaired) electrons. The molecule has 0 amide bonds. The molecule has 1 aromatic carbocycles. The van der Waals surface area contributed by atoms with Crippen LogP contribution in [0.25, 0.3) is 10.1 Å². The highest BCUT2D eigenvalue weighted by molar-refractivity contribution is 7.17. The molecule has 1 atom stereocenters. The summed E-state index contributed by atoms with van der Waals surface area (Å²) < 4.78 is 1.41. The molecule has 0 aliphatic rings. The van der Waals surface area contributed by atoms with Crippen LogP contribution in [0.1, 0.15) is 53.0 Å². The van der Waals surface area contributed by atoms with Crippen LogP contribution in [0.5, 0.6) is 0 Å². The van der Waals surface area contributed by atoms with Crippen molar-refractivity contribution in [2.75, 3.05) is 6.54 Å². The van der Waals surface area contributed by atoms with Crippen molar-refractivity contribution in [3.05, 3.63) is 35.2 Å². The van der Waals surface area contributed by atoms with Gasteiger partial charge in [0.25, 0.3) is 0 Å². The fraction of sp³-hybridized carbons (Fsp3) is 0.579. The highest BCUT2D eigenvalue weighted by Gasteiger charge is 2.26. The van der Waals surface area contributed by atoms with Gasteiger partial charge in [-0.3, -0.25) is 0 Å². The van der Waals surface area contributed by atoms with Crippen molar-refractivity contribution < 1.29 is 0 Å². The standard InChI is InChI=1S/C19H29NS/c1-6-11-19(5,14-20-18(2,3)4)12-15-13-21-17-10-8-7-9-16(15)17/h7-10,13,20H,6,11-12,14H2,1-5H3. The van der Waals surface area contributed by atoms with Crippen LogP contribution in [0.3, 0.4) is 0 Å². The summed E-state index contributed by atoms with van der Waals surface area (Å²) in [6.45, 7) is 12.6. The average Bonchev–Trinajstić information content (AvgIpc) is 2.80. The van der Waals surface area contributed by atoms with Crippen molar-refractivity contribution >= 4 is 21.4 Å². The zero-order chi connectivity index (χ0) is 15.5. The van der Waals surface area contributed by atoms with E-state index in [1.54, 1.807) is 0 Å². The Kier molecular flexibility index (Phi) is 5.11. The zero-order valence-corrected chi connectivity index (χ0v) is 14.9. The van der Waals surface area contributed by atoms with Crippen molar-refractivity contribution in [3.8, 4) is 0 Å². The molecule has 0 saturated heterocycles. The summed E-state index contributed by atoms with van der Waals surface area (Å²) in [5, 5.41) is 7.51. The number of hydrogen-bond donors (Lipinski definition) is 1. The highest BCUT2D eigenvalue weighted by Crippen LogP contribution is 2.34. The third kappa shape index (κ3) is 4.55. The van der Waals surface area contributed by atoms with Gasteiger partial charge in [0, 0.05) is 16.8 Å². The third-order valence-corrected chi connectivity index (χ3v) is 5.09. The van der Waals surface area contributed by atoms with Crippen LogP contribution in [0.4, 0.5) is 0 Å². The maximum absolute atomic E-state index is 3.71. The number of hydrogen-bond acceptors (Lipinski definition) is 2. The van der Waals surface area contributed by atoms with E-state index in [0.717, 1.165) is 13.0 Å². The lowest BCUT2D eigenvalue weighted by molar-refractivity contribution is 0.244. The fourth-order valence-electron chi connectivity index (χ4n) is 2.95. The molecule has 2 heteroatoms. The molecule has 0 bridgehead atoms. The lowest BCUT2D eigenvalue weighted by Gasteiger charge is -2.33. The Hall–Kier alpha value is -0.860. The van der Waals surface area contributed by atoms with Crippen molar-refractivity contribution in [2.24, 2.45) is 5.41 Å². The molecule has 1 heterocycles. The summed E-state index contributed by atoms with van der Waals surface area (Å²) in [4.78, 5) is 0. The van der Waals surface area contributed by atoms with E-state index in [1.165, 1.54) is 28.5 Å². The van der Waals surface area contributed by atoms with Gasteiger partial charge >= 0.3 is 0 Å². The number of nitrogens with one attached hydrogen (secondary N) is 1. The van der Waals surface area contributed by atoms with Gasteiger partial charge < -0.3 is 5.32 Å². The first-order chi connectivity index (χ1) is 9.83. The van der Waals surface area contributed by atoms with E-state index >= 15 is 0 Å². The third-order valence-electron chi connectivity index (χ3n) is 4.08. The van der Waals surface area contributed by atoms with E-state index in [1.807, 2.05) is 11.3 Å². The Morgan fingerprint density at radius 2 is 1.81 bits per heavy atom. The summed E-state index contributed by atoms with van der Waals surface area (Å²) in [5.74, 6) is 0. The molecular weight excluding hydrogens is 274 g/mol. The topological polar surface area (TPSA) is 12.0 Å². The normalized spacial score (nSPS) is 15.3. The molecule has 1 N–H and O–H groups in total. The quantitative estimate of drug-likeness (QED) is 0.728. The molecule has 0 saturated carbocycles. The molecule has 2 aromatic rings. The summed E-state index contributed by atoms with van der Waals surface area (Å²) in [7, 11) is 0. The minimum atomic E-state index is 0.186. The molecule has 1 unspecified atom stereocenters. The van der Waals surface area contributed by atoms with Crippen LogP contribution in [-0.2, 0) is 6.42 Å². The van der Waals surface area contributed by atoms with E-state index in [4.69, 9.17) is 0 Å². The minimum absolute atomic E-state index is 0.186. The Morgan fingerprint density at radius 1 is 1.10 bits per heavy atom.